The lowest BCUT2D eigenvalue weighted by Gasteiger charge is -2.36. The lowest BCUT2D eigenvalue weighted by Crippen LogP contribution is -2.48. The van der Waals surface area contributed by atoms with Gasteiger partial charge in [-0.05, 0) is 66.4 Å². The molecule has 200 valence electrons. The van der Waals surface area contributed by atoms with Crippen molar-refractivity contribution in [2.75, 3.05) is 43.0 Å². The quantitative estimate of drug-likeness (QED) is 0.308. The summed E-state index contributed by atoms with van der Waals surface area (Å²) in [5, 5.41) is 4.84. The number of carbonyl (C=O) groups excluding carboxylic acids is 2. The third-order valence-electron chi connectivity index (χ3n) is 6.38. The third kappa shape index (κ3) is 6.74. The Morgan fingerprint density at radius 2 is 1.77 bits per heavy atom. The Kier molecular flexibility index (Phi) is 8.38. The highest BCUT2D eigenvalue weighted by molar-refractivity contribution is 7.12. The number of piperazine rings is 1. The summed E-state index contributed by atoms with van der Waals surface area (Å²) in [6.07, 6.45) is 1.51. The van der Waals surface area contributed by atoms with E-state index in [4.69, 9.17) is 9.47 Å². The van der Waals surface area contributed by atoms with E-state index in [-0.39, 0.29) is 11.8 Å². The largest absolute Gasteiger partial charge is 0.494 e. The summed E-state index contributed by atoms with van der Waals surface area (Å²) in [5.74, 6) is 1.10. The minimum atomic E-state index is -0.244. The second-order valence-electron chi connectivity index (χ2n) is 9.01. The van der Waals surface area contributed by atoms with Gasteiger partial charge in [0.25, 0.3) is 11.8 Å². The number of anilines is 2. The molecular weight excluding hydrogens is 512 g/mol. The number of thiophene rings is 1. The number of nitrogens with one attached hydrogen (secondary N) is 1. The molecule has 0 bridgehead atoms. The number of hydrogen-bond donors (Lipinski definition) is 1. The van der Waals surface area contributed by atoms with Crippen LogP contribution in [0.3, 0.4) is 0 Å². The number of nitrogens with zero attached hydrogens (tertiary/aromatic N) is 3. The molecule has 1 fully saturated rings. The molecule has 8 nitrogen and oxygen atoms in total. The average Bonchev–Trinajstić information content (AvgIpc) is 3.52. The van der Waals surface area contributed by atoms with Crippen LogP contribution in [0, 0.1) is 0 Å². The highest BCUT2D eigenvalue weighted by atomic mass is 32.1. The second kappa shape index (κ2) is 12.4. The Hall–Kier alpha value is -4.37. The summed E-state index contributed by atoms with van der Waals surface area (Å²) in [5.41, 5.74) is 3.18. The fraction of sp³-hybridized carbons (Fsp3) is 0.233. The molecule has 2 amide bonds. The fourth-order valence-electron chi connectivity index (χ4n) is 4.33. The van der Waals surface area contributed by atoms with E-state index in [1.165, 1.54) is 17.5 Å². The second-order valence-corrected chi connectivity index (χ2v) is 9.96. The molecule has 3 heterocycles. The van der Waals surface area contributed by atoms with Crippen molar-refractivity contribution < 1.29 is 19.1 Å². The van der Waals surface area contributed by atoms with Crippen molar-refractivity contribution >= 4 is 34.5 Å². The molecule has 1 saturated heterocycles. The highest BCUT2D eigenvalue weighted by Gasteiger charge is 2.23. The lowest BCUT2D eigenvalue weighted by molar-refractivity contribution is 0.0751. The zero-order valence-corrected chi connectivity index (χ0v) is 22.5. The zero-order chi connectivity index (χ0) is 27.0. The first-order valence-electron chi connectivity index (χ1n) is 12.9. The summed E-state index contributed by atoms with van der Waals surface area (Å²) in [4.78, 5) is 34.5. The molecule has 2 aromatic carbocycles. The molecule has 0 radical (unpaired) electrons. The maximum Gasteiger partial charge on any atom is 0.264 e. The normalized spacial score (nSPS) is 13.2. The molecule has 0 aliphatic carbocycles. The van der Waals surface area contributed by atoms with Crippen molar-refractivity contribution in [1.29, 1.82) is 0 Å². The van der Waals surface area contributed by atoms with Crippen molar-refractivity contribution in [3.8, 4) is 11.6 Å². The fourth-order valence-corrected chi connectivity index (χ4v) is 5.02. The van der Waals surface area contributed by atoms with E-state index in [0.29, 0.717) is 43.4 Å². The molecule has 0 saturated carbocycles. The first kappa shape index (κ1) is 26.2. The summed E-state index contributed by atoms with van der Waals surface area (Å²) >= 11 is 1.48. The average molecular weight is 543 g/mol. The minimum Gasteiger partial charge on any atom is -0.494 e. The van der Waals surface area contributed by atoms with Gasteiger partial charge in [-0.1, -0.05) is 18.2 Å². The van der Waals surface area contributed by atoms with E-state index in [1.807, 2.05) is 77.9 Å². The molecular formula is C30H30N4O4S. The van der Waals surface area contributed by atoms with Crippen LogP contribution in [0.1, 0.15) is 32.5 Å². The molecule has 4 aromatic rings. The predicted octanol–water partition coefficient (Wildman–Crippen LogP) is 5.34. The Morgan fingerprint density at radius 3 is 2.46 bits per heavy atom. The van der Waals surface area contributed by atoms with Gasteiger partial charge in [0.2, 0.25) is 5.88 Å². The summed E-state index contributed by atoms with van der Waals surface area (Å²) in [6.45, 7) is 5.80. The first-order valence-corrected chi connectivity index (χ1v) is 13.8. The van der Waals surface area contributed by atoms with E-state index in [1.54, 1.807) is 12.1 Å². The van der Waals surface area contributed by atoms with Gasteiger partial charge in [0.05, 0.1) is 17.0 Å². The summed E-state index contributed by atoms with van der Waals surface area (Å²) in [7, 11) is 0. The van der Waals surface area contributed by atoms with Gasteiger partial charge in [0.15, 0.2) is 0 Å². The van der Waals surface area contributed by atoms with Gasteiger partial charge in [-0.25, -0.2) is 4.98 Å². The van der Waals surface area contributed by atoms with Gasteiger partial charge in [-0.2, -0.15) is 0 Å². The van der Waals surface area contributed by atoms with Crippen molar-refractivity contribution in [1.82, 2.24) is 9.88 Å². The van der Waals surface area contributed by atoms with E-state index in [0.717, 1.165) is 35.0 Å². The van der Waals surface area contributed by atoms with Gasteiger partial charge < -0.3 is 24.6 Å². The van der Waals surface area contributed by atoms with E-state index in [9.17, 15) is 9.59 Å². The number of rotatable bonds is 9. The van der Waals surface area contributed by atoms with Gasteiger partial charge in [-0.3, -0.25) is 9.59 Å². The summed E-state index contributed by atoms with van der Waals surface area (Å²) < 4.78 is 11.3. The van der Waals surface area contributed by atoms with E-state index < -0.39 is 0 Å². The monoisotopic (exact) mass is 542 g/mol. The predicted molar refractivity (Wildman–Crippen MR) is 153 cm³/mol. The number of amides is 2. The Balaban J connectivity index is 1.10. The molecule has 0 atom stereocenters. The van der Waals surface area contributed by atoms with Crippen LogP contribution in [-0.2, 0) is 6.61 Å². The smallest absolute Gasteiger partial charge is 0.264 e. The van der Waals surface area contributed by atoms with Crippen LogP contribution in [0.15, 0.2) is 84.4 Å². The van der Waals surface area contributed by atoms with Gasteiger partial charge >= 0.3 is 0 Å². The molecule has 5 rings (SSSR count). The zero-order valence-electron chi connectivity index (χ0n) is 21.7. The van der Waals surface area contributed by atoms with Crippen LogP contribution in [-0.4, -0.2) is 54.5 Å². The number of ether oxygens (including phenoxy) is 2. The SMILES string of the molecule is CCOc1cccc(COc2ccc(C(=O)Nc3ccc(N4CCN(C(=O)c5cccs5)CC4)cc3)cn2)c1. The van der Waals surface area contributed by atoms with Crippen LogP contribution < -0.4 is 19.7 Å². The molecule has 0 spiro atoms. The topological polar surface area (TPSA) is 84.0 Å². The van der Waals surface area contributed by atoms with Crippen LogP contribution in [0.5, 0.6) is 11.6 Å². The van der Waals surface area contributed by atoms with Crippen LogP contribution >= 0.6 is 11.3 Å². The standard InChI is InChI=1S/C30H30N4O4S/c1-2-37-26-6-3-5-22(19-26)21-38-28-13-8-23(20-31-28)29(35)32-24-9-11-25(12-10-24)33-14-16-34(17-15-33)30(36)27-7-4-18-39-27/h3-13,18-20H,2,14-17,21H2,1H3,(H,32,35). The molecule has 1 aliphatic heterocycles. The highest BCUT2D eigenvalue weighted by Crippen LogP contribution is 2.22. The van der Waals surface area contributed by atoms with Crippen LogP contribution in [0.4, 0.5) is 11.4 Å². The van der Waals surface area contributed by atoms with Crippen LogP contribution in [0.25, 0.3) is 0 Å². The summed E-state index contributed by atoms with van der Waals surface area (Å²) in [6, 6.07) is 22.6. The minimum absolute atomic E-state index is 0.101. The van der Waals surface area contributed by atoms with E-state index in [2.05, 4.69) is 15.2 Å². The molecule has 0 unspecified atom stereocenters. The molecule has 2 aromatic heterocycles. The van der Waals surface area contributed by atoms with E-state index >= 15 is 0 Å². The number of hydrogen-bond acceptors (Lipinski definition) is 7. The van der Waals surface area contributed by atoms with Crippen LogP contribution in [0.2, 0.25) is 0 Å². The van der Waals surface area contributed by atoms with Crippen molar-refractivity contribution in [2.24, 2.45) is 0 Å². The first-order chi connectivity index (χ1) is 19.1. The van der Waals surface area contributed by atoms with Gasteiger partial charge in [0.1, 0.15) is 12.4 Å². The Bertz CT molecular complexity index is 1380. The molecule has 1 N–H and O–H groups in total. The number of pyridine rings is 1. The number of benzene rings is 2. The Labute approximate surface area is 231 Å². The third-order valence-corrected chi connectivity index (χ3v) is 7.24. The maximum absolute atomic E-state index is 12.7. The molecule has 1 aliphatic rings. The van der Waals surface area contributed by atoms with Crippen molar-refractivity contribution in [3.05, 3.63) is 100 Å². The molecule has 9 heteroatoms. The molecule has 39 heavy (non-hydrogen) atoms. The van der Waals surface area contributed by atoms with Gasteiger partial charge in [-0.15, -0.1) is 11.3 Å². The number of aromatic nitrogens is 1. The lowest BCUT2D eigenvalue weighted by atomic mass is 10.2. The van der Waals surface area contributed by atoms with Crippen molar-refractivity contribution in [3.63, 3.8) is 0 Å². The maximum atomic E-state index is 12.7. The Morgan fingerprint density at radius 1 is 0.949 bits per heavy atom. The number of carbonyl (C=O) groups is 2. The van der Waals surface area contributed by atoms with Gasteiger partial charge in [0, 0.05) is 49.8 Å². The van der Waals surface area contributed by atoms with Crippen molar-refractivity contribution in [2.45, 2.75) is 13.5 Å².